The summed E-state index contributed by atoms with van der Waals surface area (Å²) in [5.41, 5.74) is -2.20. The van der Waals surface area contributed by atoms with E-state index in [1.54, 1.807) is 0 Å². The molecule has 0 aromatic carbocycles. The highest BCUT2D eigenvalue weighted by atomic mass is 16.4. The number of carboxylic acid groups (broad SMARTS) is 2. The van der Waals surface area contributed by atoms with Gasteiger partial charge in [0, 0.05) is 6.54 Å². The minimum Gasteiger partial charge on any atom is -0.480 e. The van der Waals surface area contributed by atoms with Crippen LogP contribution in [0.2, 0.25) is 0 Å². The number of carbonyl (C=O) groups is 4. The highest BCUT2D eigenvalue weighted by Crippen LogP contribution is 2.17. The van der Waals surface area contributed by atoms with E-state index in [0.717, 1.165) is 11.8 Å². The first kappa shape index (κ1) is 16.9. The van der Waals surface area contributed by atoms with E-state index in [1.165, 1.54) is 0 Å². The third-order valence-electron chi connectivity index (χ3n) is 3.30. The summed E-state index contributed by atoms with van der Waals surface area (Å²) in [5.74, 6) is -4.90. The highest BCUT2D eigenvalue weighted by Gasteiger charge is 2.36. The standard InChI is InChI=1S/C12H18N2O7/c1-12(21,11(19)20)6-13-8(15)9(16)14-5-3-2-4-7(14)10(17)18/h7,21H,2-6H2,1H3,(H,13,15)(H,17,18)(H,19,20)/t7-,12?/m0/s1. The summed E-state index contributed by atoms with van der Waals surface area (Å²) < 4.78 is 0. The molecule has 0 radical (unpaired) electrons. The molecule has 0 spiro atoms. The summed E-state index contributed by atoms with van der Waals surface area (Å²) in [6, 6.07) is -1.06. The second-order valence-electron chi connectivity index (χ2n) is 5.11. The fraction of sp³-hybridized carbons (Fsp3) is 0.667. The van der Waals surface area contributed by atoms with E-state index in [9.17, 15) is 24.3 Å². The van der Waals surface area contributed by atoms with Crippen LogP contribution in [0, 0.1) is 0 Å². The van der Waals surface area contributed by atoms with Crippen LogP contribution in [0.4, 0.5) is 0 Å². The number of hydrogen-bond donors (Lipinski definition) is 4. The normalized spacial score (nSPS) is 21.2. The van der Waals surface area contributed by atoms with Gasteiger partial charge in [0.05, 0.1) is 6.54 Å². The van der Waals surface area contributed by atoms with Crippen LogP contribution >= 0.6 is 0 Å². The lowest BCUT2D eigenvalue weighted by Crippen LogP contribution is -2.55. The summed E-state index contributed by atoms with van der Waals surface area (Å²) >= 11 is 0. The molecule has 4 N–H and O–H groups in total. The van der Waals surface area contributed by atoms with Gasteiger partial charge in [0.15, 0.2) is 5.60 Å². The summed E-state index contributed by atoms with van der Waals surface area (Å²) in [4.78, 5) is 46.3. The Balaban J connectivity index is 2.67. The molecule has 1 fully saturated rings. The number of carbonyl (C=O) groups excluding carboxylic acids is 2. The second kappa shape index (κ2) is 6.53. The number of nitrogens with one attached hydrogen (secondary N) is 1. The molecule has 2 atom stereocenters. The SMILES string of the molecule is CC(O)(CNC(=O)C(=O)N1CCCC[C@H]1C(=O)O)C(=O)O. The van der Waals surface area contributed by atoms with Crippen LogP contribution in [0.5, 0.6) is 0 Å². The Morgan fingerprint density at radius 2 is 1.86 bits per heavy atom. The van der Waals surface area contributed by atoms with Gasteiger partial charge >= 0.3 is 23.8 Å². The Bertz CT molecular complexity index is 461. The van der Waals surface area contributed by atoms with E-state index in [-0.39, 0.29) is 13.0 Å². The lowest BCUT2D eigenvalue weighted by Gasteiger charge is -2.32. The Hall–Kier alpha value is -2.16. The van der Waals surface area contributed by atoms with Crippen LogP contribution in [0.1, 0.15) is 26.2 Å². The average molecular weight is 302 g/mol. The Kier molecular flexibility index (Phi) is 5.25. The van der Waals surface area contributed by atoms with Crippen LogP contribution in [0.25, 0.3) is 0 Å². The van der Waals surface area contributed by atoms with Crippen molar-refractivity contribution in [2.75, 3.05) is 13.1 Å². The molecule has 1 saturated heterocycles. The molecule has 118 valence electrons. The maximum atomic E-state index is 11.9. The van der Waals surface area contributed by atoms with Crippen molar-refractivity contribution in [1.82, 2.24) is 10.2 Å². The van der Waals surface area contributed by atoms with Crippen LogP contribution < -0.4 is 5.32 Å². The van der Waals surface area contributed by atoms with Gasteiger partial charge in [-0.3, -0.25) is 9.59 Å². The number of aliphatic hydroxyl groups is 1. The third-order valence-corrected chi connectivity index (χ3v) is 3.30. The molecule has 0 aromatic heterocycles. The maximum Gasteiger partial charge on any atom is 0.337 e. The Morgan fingerprint density at radius 3 is 2.38 bits per heavy atom. The smallest absolute Gasteiger partial charge is 0.337 e. The van der Waals surface area contributed by atoms with Gasteiger partial charge in [0.25, 0.3) is 0 Å². The van der Waals surface area contributed by atoms with Gasteiger partial charge in [-0.1, -0.05) is 0 Å². The first-order chi connectivity index (χ1) is 9.66. The summed E-state index contributed by atoms with van der Waals surface area (Å²) in [6.07, 6.45) is 1.51. The zero-order chi connectivity index (χ0) is 16.2. The quantitative estimate of drug-likeness (QED) is 0.458. The molecule has 2 amide bonds. The number of hydrogen-bond acceptors (Lipinski definition) is 5. The summed E-state index contributed by atoms with van der Waals surface area (Å²) in [5, 5.41) is 29.2. The Morgan fingerprint density at radius 1 is 1.24 bits per heavy atom. The topological polar surface area (TPSA) is 144 Å². The van der Waals surface area contributed by atoms with E-state index < -0.39 is 41.9 Å². The molecule has 1 rings (SSSR count). The number of aliphatic carboxylic acids is 2. The van der Waals surface area contributed by atoms with E-state index in [4.69, 9.17) is 10.2 Å². The zero-order valence-corrected chi connectivity index (χ0v) is 11.5. The fourth-order valence-corrected chi connectivity index (χ4v) is 1.97. The monoisotopic (exact) mass is 302 g/mol. The number of amides is 2. The van der Waals surface area contributed by atoms with E-state index in [2.05, 4.69) is 0 Å². The highest BCUT2D eigenvalue weighted by molar-refractivity contribution is 6.35. The van der Waals surface area contributed by atoms with Crippen molar-refractivity contribution in [3.05, 3.63) is 0 Å². The lowest BCUT2D eigenvalue weighted by molar-refractivity contribution is -0.158. The average Bonchev–Trinajstić information content (AvgIpc) is 2.43. The largest absolute Gasteiger partial charge is 0.480 e. The lowest BCUT2D eigenvalue weighted by atomic mass is 10.0. The minimum absolute atomic E-state index is 0.151. The van der Waals surface area contributed by atoms with Crippen LogP contribution in [-0.2, 0) is 19.2 Å². The molecule has 1 aliphatic rings. The molecule has 9 heteroatoms. The molecule has 1 unspecified atom stereocenters. The summed E-state index contributed by atoms with van der Waals surface area (Å²) in [7, 11) is 0. The molecule has 0 bridgehead atoms. The third kappa shape index (κ3) is 4.15. The number of nitrogens with zero attached hydrogens (tertiary/aromatic N) is 1. The van der Waals surface area contributed by atoms with Gasteiger partial charge in [-0.2, -0.15) is 0 Å². The predicted molar refractivity (Wildman–Crippen MR) is 68.3 cm³/mol. The van der Waals surface area contributed by atoms with Crippen molar-refractivity contribution >= 4 is 23.8 Å². The van der Waals surface area contributed by atoms with Crippen LogP contribution in [0.3, 0.4) is 0 Å². The van der Waals surface area contributed by atoms with Crippen molar-refractivity contribution in [3.63, 3.8) is 0 Å². The molecule has 0 aromatic rings. The van der Waals surface area contributed by atoms with Gasteiger partial charge in [-0.15, -0.1) is 0 Å². The van der Waals surface area contributed by atoms with Gasteiger partial charge in [0.1, 0.15) is 6.04 Å². The van der Waals surface area contributed by atoms with Crippen LogP contribution in [-0.4, -0.2) is 68.7 Å². The molecule has 0 saturated carbocycles. The van der Waals surface area contributed by atoms with Crippen molar-refractivity contribution < 1.29 is 34.5 Å². The predicted octanol–water partition coefficient (Wildman–Crippen LogP) is -1.60. The Labute approximate surface area is 120 Å². The molecule has 0 aliphatic carbocycles. The minimum atomic E-state index is -2.20. The first-order valence-corrected chi connectivity index (χ1v) is 6.44. The molecule has 9 nitrogen and oxygen atoms in total. The van der Waals surface area contributed by atoms with E-state index in [1.807, 2.05) is 5.32 Å². The molecular formula is C12H18N2O7. The van der Waals surface area contributed by atoms with Gasteiger partial charge in [-0.25, -0.2) is 9.59 Å². The van der Waals surface area contributed by atoms with Crippen molar-refractivity contribution in [3.8, 4) is 0 Å². The van der Waals surface area contributed by atoms with E-state index >= 15 is 0 Å². The van der Waals surface area contributed by atoms with Crippen molar-refractivity contribution in [1.29, 1.82) is 0 Å². The van der Waals surface area contributed by atoms with E-state index in [0.29, 0.717) is 12.8 Å². The van der Waals surface area contributed by atoms with Gasteiger partial charge < -0.3 is 25.5 Å². The molecular weight excluding hydrogens is 284 g/mol. The number of piperidine rings is 1. The van der Waals surface area contributed by atoms with Gasteiger partial charge in [-0.05, 0) is 26.2 Å². The molecule has 1 aliphatic heterocycles. The van der Waals surface area contributed by atoms with Crippen molar-refractivity contribution in [2.45, 2.75) is 37.8 Å². The zero-order valence-electron chi connectivity index (χ0n) is 11.5. The number of likely N-dealkylation sites (tertiary alicyclic amines) is 1. The van der Waals surface area contributed by atoms with Crippen LogP contribution in [0.15, 0.2) is 0 Å². The number of carboxylic acids is 2. The summed E-state index contributed by atoms with van der Waals surface area (Å²) in [6.45, 7) is 0.470. The second-order valence-corrected chi connectivity index (χ2v) is 5.11. The molecule has 1 heterocycles. The molecule has 21 heavy (non-hydrogen) atoms. The van der Waals surface area contributed by atoms with Crippen molar-refractivity contribution in [2.24, 2.45) is 0 Å². The first-order valence-electron chi connectivity index (χ1n) is 6.44. The fourth-order valence-electron chi connectivity index (χ4n) is 1.97. The number of rotatable bonds is 4. The van der Waals surface area contributed by atoms with Gasteiger partial charge in [0.2, 0.25) is 0 Å². The maximum absolute atomic E-state index is 11.9.